The number of carbonyl (C=O) groups is 2. The molecule has 2 aliphatic rings. The first-order chi connectivity index (χ1) is 16.4. The van der Waals surface area contributed by atoms with E-state index in [1.165, 1.54) is 6.07 Å². The predicted octanol–water partition coefficient (Wildman–Crippen LogP) is 1.78. The molecule has 1 aliphatic heterocycles. The lowest BCUT2D eigenvalue weighted by molar-refractivity contribution is -0.136. The summed E-state index contributed by atoms with van der Waals surface area (Å²) in [6.07, 6.45) is 6.64. The number of aryl methyl sites for hydroxylation is 1. The first kappa shape index (κ1) is 24.3. The van der Waals surface area contributed by atoms with Crippen molar-refractivity contribution in [3.63, 3.8) is 0 Å². The van der Waals surface area contributed by atoms with Gasteiger partial charge in [-0.2, -0.15) is 0 Å². The number of unbranched alkanes of at least 4 members (excludes halogenated alkanes) is 1. The first-order valence-electron chi connectivity index (χ1n) is 11.9. The standard InChI is InChI=1S/C24H32FN5O4/c1-2-24(33,18-8-9-20(25)21(11-18)34-15-17-6-7-17)16-30-19(12-26-28-30)5-3-4-10-29-13-22(31)27-23(32)14-29/h8-9,11-12,17,33H,2-7,10,13-16H2,1H3,(H,27,31,32). The summed E-state index contributed by atoms with van der Waals surface area (Å²) in [6.45, 7) is 3.68. The van der Waals surface area contributed by atoms with Gasteiger partial charge in [-0.1, -0.05) is 18.2 Å². The molecule has 2 aromatic rings. The van der Waals surface area contributed by atoms with Crippen molar-refractivity contribution in [2.24, 2.45) is 5.92 Å². The number of carbonyl (C=O) groups excluding carboxylic acids is 2. The van der Waals surface area contributed by atoms with Crippen molar-refractivity contribution in [3.05, 3.63) is 41.5 Å². The molecule has 2 amide bonds. The summed E-state index contributed by atoms with van der Waals surface area (Å²) in [6, 6.07) is 4.52. The highest BCUT2D eigenvalue weighted by Gasteiger charge is 2.31. The molecule has 10 heteroatoms. The number of benzene rings is 1. The highest BCUT2D eigenvalue weighted by molar-refractivity contribution is 5.99. The zero-order chi connectivity index (χ0) is 24.1. The van der Waals surface area contributed by atoms with Gasteiger partial charge in [0, 0.05) is 0 Å². The maximum atomic E-state index is 14.2. The van der Waals surface area contributed by atoms with Crippen LogP contribution in [0, 0.1) is 11.7 Å². The van der Waals surface area contributed by atoms with Crippen molar-refractivity contribution in [1.82, 2.24) is 25.2 Å². The van der Waals surface area contributed by atoms with E-state index in [2.05, 4.69) is 15.6 Å². The van der Waals surface area contributed by atoms with Gasteiger partial charge < -0.3 is 9.84 Å². The molecule has 0 radical (unpaired) electrons. The lowest BCUT2D eigenvalue weighted by Gasteiger charge is -2.28. The Hall–Kier alpha value is -2.85. The number of ether oxygens (including phenoxy) is 1. The van der Waals surface area contributed by atoms with E-state index in [1.807, 2.05) is 11.8 Å². The van der Waals surface area contributed by atoms with Crippen molar-refractivity contribution in [2.45, 2.75) is 57.6 Å². The van der Waals surface area contributed by atoms with Gasteiger partial charge >= 0.3 is 0 Å². The second-order valence-corrected chi connectivity index (χ2v) is 9.31. The van der Waals surface area contributed by atoms with Gasteiger partial charge in [-0.25, -0.2) is 9.07 Å². The van der Waals surface area contributed by atoms with Crippen molar-refractivity contribution < 1.29 is 23.8 Å². The topological polar surface area (TPSA) is 110 Å². The molecule has 1 atom stereocenters. The van der Waals surface area contributed by atoms with Crippen LogP contribution in [0.3, 0.4) is 0 Å². The second kappa shape index (κ2) is 10.6. The fourth-order valence-corrected chi connectivity index (χ4v) is 4.15. The summed E-state index contributed by atoms with van der Waals surface area (Å²) in [4.78, 5) is 24.8. The van der Waals surface area contributed by atoms with E-state index in [9.17, 15) is 19.1 Å². The number of piperazine rings is 1. The van der Waals surface area contributed by atoms with E-state index in [0.29, 0.717) is 37.5 Å². The van der Waals surface area contributed by atoms with Crippen LogP contribution < -0.4 is 10.1 Å². The largest absolute Gasteiger partial charge is 0.490 e. The zero-order valence-corrected chi connectivity index (χ0v) is 19.5. The van der Waals surface area contributed by atoms with Crippen LogP contribution >= 0.6 is 0 Å². The molecular formula is C24H32FN5O4. The van der Waals surface area contributed by atoms with Crippen LogP contribution in [0.4, 0.5) is 4.39 Å². The molecule has 1 unspecified atom stereocenters. The molecular weight excluding hydrogens is 441 g/mol. The quantitative estimate of drug-likeness (QED) is 0.357. The minimum atomic E-state index is -1.25. The lowest BCUT2D eigenvalue weighted by atomic mass is 9.90. The maximum Gasteiger partial charge on any atom is 0.240 e. The van der Waals surface area contributed by atoms with Gasteiger partial charge in [0.15, 0.2) is 11.6 Å². The van der Waals surface area contributed by atoms with Gasteiger partial charge in [-0.15, -0.1) is 5.10 Å². The number of aliphatic hydroxyl groups is 1. The molecule has 2 N–H and O–H groups in total. The summed E-state index contributed by atoms with van der Waals surface area (Å²) in [7, 11) is 0. The predicted molar refractivity (Wildman–Crippen MR) is 121 cm³/mol. The number of nitrogens with one attached hydrogen (secondary N) is 1. The van der Waals surface area contributed by atoms with E-state index in [1.54, 1.807) is 23.0 Å². The Morgan fingerprint density at radius 2 is 2.00 bits per heavy atom. The third kappa shape index (κ3) is 6.18. The number of rotatable bonds is 12. The molecule has 0 bridgehead atoms. The van der Waals surface area contributed by atoms with Crippen molar-refractivity contribution in [3.8, 4) is 5.75 Å². The Balaban J connectivity index is 1.35. The van der Waals surface area contributed by atoms with Crippen molar-refractivity contribution in [1.29, 1.82) is 0 Å². The van der Waals surface area contributed by atoms with E-state index >= 15 is 0 Å². The van der Waals surface area contributed by atoms with Crippen LogP contribution in [0.25, 0.3) is 0 Å². The Kier molecular flexibility index (Phi) is 7.57. The molecule has 2 heterocycles. The molecule has 2 fully saturated rings. The number of nitrogens with zero attached hydrogens (tertiary/aromatic N) is 4. The molecule has 1 saturated carbocycles. The van der Waals surface area contributed by atoms with Crippen LogP contribution in [0.5, 0.6) is 5.75 Å². The minimum Gasteiger partial charge on any atom is -0.490 e. The maximum absolute atomic E-state index is 14.2. The fourth-order valence-electron chi connectivity index (χ4n) is 4.15. The van der Waals surface area contributed by atoms with Crippen LogP contribution in [-0.4, -0.2) is 63.1 Å². The van der Waals surface area contributed by atoms with Gasteiger partial charge in [-0.05, 0) is 68.7 Å². The fraction of sp³-hybridized carbons (Fsp3) is 0.583. The Bertz CT molecular complexity index is 1010. The summed E-state index contributed by atoms with van der Waals surface area (Å²) in [5.41, 5.74) is 0.207. The smallest absolute Gasteiger partial charge is 0.240 e. The summed E-state index contributed by atoms with van der Waals surface area (Å²) in [5, 5.41) is 21.9. The summed E-state index contributed by atoms with van der Waals surface area (Å²) < 4.78 is 21.6. The van der Waals surface area contributed by atoms with E-state index in [0.717, 1.165) is 31.4 Å². The van der Waals surface area contributed by atoms with E-state index < -0.39 is 11.4 Å². The van der Waals surface area contributed by atoms with Crippen LogP contribution in [0.2, 0.25) is 0 Å². The molecule has 1 aromatic carbocycles. The molecule has 1 saturated heterocycles. The lowest BCUT2D eigenvalue weighted by Crippen LogP contribution is -2.51. The monoisotopic (exact) mass is 473 g/mol. The summed E-state index contributed by atoms with van der Waals surface area (Å²) >= 11 is 0. The van der Waals surface area contributed by atoms with Gasteiger partial charge in [0.25, 0.3) is 0 Å². The molecule has 34 heavy (non-hydrogen) atoms. The summed E-state index contributed by atoms with van der Waals surface area (Å²) in [5.74, 6) is -0.297. The normalized spacial score (nSPS) is 18.6. The van der Waals surface area contributed by atoms with Gasteiger partial charge in [0.1, 0.15) is 5.60 Å². The molecule has 1 aromatic heterocycles. The van der Waals surface area contributed by atoms with Gasteiger partial charge in [0.2, 0.25) is 11.8 Å². The SMILES string of the molecule is CCC(O)(Cn1nncc1CCCCN1CC(=O)NC(=O)C1)c1ccc(F)c(OCC2CC2)c1. The molecule has 1 aliphatic carbocycles. The number of amides is 2. The molecule has 4 rings (SSSR count). The molecule has 9 nitrogen and oxygen atoms in total. The number of aromatic nitrogens is 3. The third-order valence-corrected chi connectivity index (χ3v) is 6.50. The van der Waals surface area contributed by atoms with Crippen molar-refractivity contribution >= 4 is 11.8 Å². The average Bonchev–Trinajstić information content (AvgIpc) is 3.54. The average molecular weight is 474 g/mol. The van der Waals surface area contributed by atoms with Crippen molar-refractivity contribution in [2.75, 3.05) is 26.2 Å². The van der Waals surface area contributed by atoms with Gasteiger partial charge in [-0.3, -0.25) is 19.8 Å². The second-order valence-electron chi connectivity index (χ2n) is 9.31. The highest BCUT2D eigenvalue weighted by atomic mass is 19.1. The first-order valence-corrected chi connectivity index (χ1v) is 11.9. The number of hydrogen-bond acceptors (Lipinski definition) is 7. The third-order valence-electron chi connectivity index (χ3n) is 6.50. The zero-order valence-electron chi connectivity index (χ0n) is 19.5. The highest BCUT2D eigenvalue weighted by Crippen LogP contribution is 2.33. The van der Waals surface area contributed by atoms with Crippen LogP contribution in [0.1, 0.15) is 50.3 Å². The Morgan fingerprint density at radius 1 is 1.24 bits per heavy atom. The van der Waals surface area contributed by atoms with Crippen LogP contribution in [-0.2, 0) is 28.2 Å². The van der Waals surface area contributed by atoms with E-state index in [4.69, 9.17) is 4.74 Å². The Labute approximate surface area is 198 Å². The number of imide groups is 1. The van der Waals surface area contributed by atoms with Gasteiger partial charge in [0.05, 0.1) is 38.1 Å². The number of hydrogen-bond donors (Lipinski definition) is 2. The Morgan fingerprint density at radius 3 is 2.71 bits per heavy atom. The molecule has 0 spiro atoms. The number of halogens is 1. The van der Waals surface area contributed by atoms with Crippen LogP contribution in [0.15, 0.2) is 24.4 Å². The minimum absolute atomic E-state index is 0.167. The van der Waals surface area contributed by atoms with E-state index in [-0.39, 0.29) is 37.2 Å². The molecule has 184 valence electrons.